The SMILES string of the molecule is CNC(=O)[C@H]1C[C@@H]2CN(c3cc(OC)ncn3)C[C@@H]2N1C(C)C. The number of ether oxygens (including phenoxy) is 1. The monoisotopic (exact) mass is 319 g/mol. The van der Waals surface area contributed by atoms with Crippen LogP contribution >= 0.6 is 0 Å². The van der Waals surface area contributed by atoms with Crippen molar-refractivity contribution in [2.24, 2.45) is 5.92 Å². The molecule has 0 spiro atoms. The van der Waals surface area contributed by atoms with Crippen molar-refractivity contribution in [3.8, 4) is 5.88 Å². The summed E-state index contributed by atoms with van der Waals surface area (Å²) in [6, 6.07) is 2.58. The Morgan fingerprint density at radius 2 is 2.17 bits per heavy atom. The van der Waals surface area contributed by atoms with Crippen LogP contribution in [0.4, 0.5) is 5.82 Å². The largest absolute Gasteiger partial charge is 0.481 e. The molecule has 1 aromatic heterocycles. The van der Waals surface area contributed by atoms with Gasteiger partial charge in [-0.15, -0.1) is 0 Å². The third-order valence-corrected chi connectivity index (χ3v) is 4.98. The van der Waals surface area contributed by atoms with E-state index in [9.17, 15) is 4.79 Å². The zero-order chi connectivity index (χ0) is 16.6. The Hall–Kier alpha value is -1.89. The second kappa shape index (κ2) is 6.31. The molecule has 1 aromatic rings. The van der Waals surface area contributed by atoms with Crippen molar-refractivity contribution in [1.82, 2.24) is 20.2 Å². The fourth-order valence-electron chi connectivity index (χ4n) is 4.02. The number of rotatable bonds is 4. The lowest BCUT2D eigenvalue weighted by Gasteiger charge is -2.33. The number of hydrogen-bond acceptors (Lipinski definition) is 6. The maximum absolute atomic E-state index is 12.2. The highest BCUT2D eigenvalue weighted by molar-refractivity contribution is 5.82. The molecule has 7 nitrogen and oxygen atoms in total. The molecule has 3 rings (SSSR count). The number of carbonyl (C=O) groups is 1. The first kappa shape index (κ1) is 16.0. The number of methoxy groups -OCH3 is 1. The maximum atomic E-state index is 12.2. The first-order valence-electron chi connectivity index (χ1n) is 8.15. The third kappa shape index (κ3) is 2.85. The summed E-state index contributed by atoms with van der Waals surface area (Å²) < 4.78 is 5.19. The summed E-state index contributed by atoms with van der Waals surface area (Å²) >= 11 is 0. The Morgan fingerprint density at radius 1 is 1.39 bits per heavy atom. The van der Waals surface area contributed by atoms with Gasteiger partial charge in [-0.2, -0.15) is 0 Å². The number of aromatic nitrogens is 2. The normalized spacial score (nSPS) is 27.3. The number of carbonyl (C=O) groups excluding carboxylic acids is 1. The minimum Gasteiger partial charge on any atom is -0.481 e. The van der Waals surface area contributed by atoms with Gasteiger partial charge < -0.3 is 15.0 Å². The van der Waals surface area contributed by atoms with E-state index in [4.69, 9.17) is 4.74 Å². The quantitative estimate of drug-likeness (QED) is 0.872. The molecular formula is C16H25N5O2. The Balaban J connectivity index is 1.78. The minimum absolute atomic E-state index is 0.0166. The predicted molar refractivity (Wildman–Crippen MR) is 87.5 cm³/mol. The Kier molecular flexibility index (Phi) is 4.39. The average Bonchev–Trinajstić information content (AvgIpc) is 3.11. The number of likely N-dealkylation sites (N-methyl/N-ethyl adjacent to an activating group) is 1. The molecule has 2 fully saturated rings. The summed E-state index contributed by atoms with van der Waals surface area (Å²) in [5, 5.41) is 2.81. The van der Waals surface area contributed by atoms with Crippen LogP contribution in [0.5, 0.6) is 5.88 Å². The van der Waals surface area contributed by atoms with Crippen molar-refractivity contribution in [2.45, 2.75) is 38.4 Å². The van der Waals surface area contributed by atoms with Crippen LogP contribution in [0.25, 0.3) is 0 Å². The van der Waals surface area contributed by atoms with Crippen LogP contribution in [0.15, 0.2) is 12.4 Å². The number of nitrogens with zero attached hydrogens (tertiary/aromatic N) is 4. The standard InChI is InChI=1S/C16H25N5O2/c1-10(2)21-12(16(22)17-3)5-11-7-20(8-13(11)21)14-6-15(23-4)19-9-18-14/h6,9-13H,5,7-8H2,1-4H3,(H,17,22)/t11-,12-,13+/m1/s1. The van der Waals surface area contributed by atoms with E-state index in [1.807, 2.05) is 6.07 Å². The van der Waals surface area contributed by atoms with E-state index < -0.39 is 0 Å². The third-order valence-electron chi connectivity index (χ3n) is 4.98. The Morgan fingerprint density at radius 3 is 2.83 bits per heavy atom. The fraction of sp³-hybridized carbons (Fsp3) is 0.688. The van der Waals surface area contributed by atoms with Crippen molar-refractivity contribution in [2.75, 3.05) is 32.1 Å². The second-order valence-electron chi connectivity index (χ2n) is 6.56. The van der Waals surface area contributed by atoms with E-state index in [1.54, 1.807) is 14.2 Å². The number of nitrogens with one attached hydrogen (secondary N) is 1. The molecular weight excluding hydrogens is 294 g/mol. The highest BCUT2D eigenvalue weighted by Gasteiger charge is 2.49. The number of hydrogen-bond donors (Lipinski definition) is 1. The highest BCUT2D eigenvalue weighted by atomic mass is 16.5. The molecule has 0 bridgehead atoms. The second-order valence-corrected chi connectivity index (χ2v) is 6.56. The zero-order valence-electron chi connectivity index (χ0n) is 14.2. The first-order valence-corrected chi connectivity index (χ1v) is 8.15. The van der Waals surface area contributed by atoms with Gasteiger partial charge in [0.25, 0.3) is 0 Å². The summed E-state index contributed by atoms with van der Waals surface area (Å²) in [7, 11) is 3.33. The van der Waals surface area contributed by atoms with Gasteiger partial charge in [0.05, 0.1) is 13.2 Å². The lowest BCUT2D eigenvalue weighted by Crippen LogP contribution is -2.50. The molecule has 1 amide bonds. The van der Waals surface area contributed by atoms with Crippen LogP contribution in [0.2, 0.25) is 0 Å². The average molecular weight is 319 g/mol. The van der Waals surface area contributed by atoms with Gasteiger partial charge in [0.2, 0.25) is 11.8 Å². The van der Waals surface area contributed by atoms with Crippen LogP contribution in [0, 0.1) is 5.92 Å². The fourth-order valence-corrected chi connectivity index (χ4v) is 4.02. The van der Waals surface area contributed by atoms with E-state index in [1.165, 1.54) is 6.33 Å². The van der Waals surface area contributed by atoms with Gasteiger partial charge in [0.1, 0.15) is 12.1 Å². The lowest BCUT2D eigenvalue weighted by molar-refractivity contribution is -0.126. The van der Waals surface area contributed by atoms with Crippen LogP contribution in [-0.4, -0.2) is 66.1 Å². The van der Waals surface area contributed by atoms with Gasteiger partial charge in [-0.05, 0) is 26.2 Å². The van der Waals surface area contributed by atoms with Gasteiger partial charge in [0, 0.05) is 38.3 Å². The summed E-state index contributed by atoms with van der Waals surface area (Å²) in [6.07, 6.45) is 2.44. The molecule has 0 aromatic carbocycles. The van der Waals surface area contributed by atoms with Crippen molar-refractivity contribution >= 4 is 11.7 Å². The van der Waals surface area contributed by atoms with E-state index in [2.05, 4.69) is 38.9 Å². The van der Waals surface area contributed by atoms with Crippen molar-refractivity contribution in [3.63, 3.8) is 0 Å². The number of anilines is 1. The molecule has 23 heavy (non-hydrogen) atoms. The molecule has 2 aliphatic heterocycles. The van der Waals surface area contributed by atoms with Crippen LogP contribution < -0.4 is 15.0 Å². The summed E-state index contributed by atoms with van der Waals surface area (Å²) in [5.74, 6) is 2.09. The molecule has 0 aliphatic carbocycles. The summed E-state index contributed by atoms with van der Waals surface area (Å²) in [6.45, 7) is 6.13. The van der Waals surface area contributed by atoms with E-state index in [0.717, 1.165) is 25.3 Å². The molecule has 3 heterocycles. The van der Waals surface area contributed by atoms with E-state index >= 15 is 0 Å². The smallest absolute Gasteiger partial charge is 0.237 e. The highest BCUT2D eigenvalue weighted by Crippen LogP contribution is 2.38. The van der Waals surface area contributed by atoms with Crippen molar-refractivity contribution in [3.05, 3.63) is 12.4 Å². The van der Waals surface area contributed by atoms with Gasteiger partial charge in [-0.3, -0.25) is 9.69 Å². The van der Waals surface area contributed by atoms with Gasteiger partial charge in [-0.25, -0.2) is 9.97 Å². The summed E-state index contributed by atoms with van der Waals surface area (Å²) in [5.41, 5.74) is 0. The van der Waals surface area contributed by atoms with Gasteiger partial charge in [0.15, 0.2) is 0 Å². The van der Waals surface area contributed by atoms with Crippen LogP contribution in [0.1, 0.15) is 20.3 Å². The molecule has 126 valence electrons. The number of likely N-dealkylation sites (tertiary alicyclic amines) is 1. The molecule has 2 aliphatic rings. The van der Waals surface area contributed by atoms with Crippen molar-refractivity contribution in [1.29, 1.82) is 0 Å². The summed E-state index contributed by atoms with van der Waals surface area (Å²) in [4.78, 5) is 25.3. The first-order chi connectivity index (χ1) is 11.0. The molecule has 7 heteroatoms. The minimum atomic E-state index is -0.0166. The molecule has 1 N–H and O–H groups in total. The van der Waals surface area contributed by atoms with Crippen LogP contribution in [0.3, 0.4) is 0 Å². The van der Waals surface area contributed by atoms with E-state index in [-0.39, 0.29) is 11.9 Å². The molecule has 2 saturated heterocycles. The van der Waals surface area contributed by atoms with Crippen molar-refractivity contribution < 1.29 is 9.53 Å². The topological polar surface area (TPSA) is 70.6 Å². The molecule has 3 atom stereocenters. The van der Waals surface area contributed by atoms with Crippen LogP contribution in [-0.2, 0) is 4.79 Å². The maximum Gasteiger partial charge on any atom is 0.237 e. The zero-order valence-corrected chi connectivity index (χ0v) is 14.2. The van der Waals surface area contributed by atoms with E-state index in [0.29, 0.717) is 23.9 Å². The number of amides is 1. The molecule has 0 saturated carbocycles. The van der Waals surface area contributed by atoms with Gasteiger partial charge in [-0.1, -0.05) is 0 Å². The molecule has 0 radical (unpaired) electrons. The number of fused-ring (bicyclic) bond motifs is 1. The lowest BCUT2D eigenvalue weighted by atomic mass is 10.0. The Labute approximate surface area is 137 Å². The van der Waals surface area contributed by atoms with Gasteiger partial charge >= 0.3 is 0 Å². The predicted octanol–water partition coefficient (Wildman–Crippen LogP) is 0.519. The Bertz CT molecular complexity index is 579. The molecule has 0 unspecified atom stereocenters.